The molecule has 0 N–H and O–H groups in total. The van der Waals surface area contributed by atoms with E-state index in [1.54, 1.807) is 19.1 Å². The third-order valence-electron chi connectivity index (χ3n) is 3.91. The molecule has 8 heteroatoms. The second-order valence-electron chi connectivity index (χ2n) is 5.81. The molecule has 1 saturated heterocycles. The molecule has 0 radical (unpaired) electrons. The number of hydrogen-bond donors (Lipinski definition) is 0. The van der Waals surface area contributed by atoms with Crippen LogP contribution in [0.2, 0.25) is 0 Å². The summed E-state index contributed by atoms with van der Waals surface area (Å²) in [6.07, 6.45) is 1.91. The monoisotopic (exact) mass is 620 g/mol. The van der Waals surface area contributed by atoms with Gasteiger partial charge in [0.15, 0.2) is 5.17 Å². The predicted octanol–water partition coefficient (Wildman–Crippen LogP) is 5.15. The fraction of sp³-hybridized carbons (Fsp3) is 0.200. The highest BCUT2D eigenvalue weighted by molar-refractivity contribution is 14.1. The third-order valence-corrected chi connectivity index (χ3v) is 6.52. The van der Waals surface area contributed by atoms with Crippen LogP contribution in [0.15, 0.2) is 52.4 Å². The number of amides is 1. The average Bonchev–Trinajstić information content (AvgIpc) is 2.95. The highest BCUT2D eigenvalue weighted by Crippen LogP contribution is 2.35. The van der Waals surface area contributed by atoms with E-state index in [1.807, 2.05) is 48.5 Å². The van der Waals surface area contributed by atoms with Gasteiger partial charge in [-0.05, 0) is 92.8 Å². The number of amidine groups is 1. The van der Waals surface area contributed by atoms with Crippen LogP contribution in [0, 0.1) is 7.14 Å². The maximum Gasteiger partial charge on any atom is 0.266 e. The summed E-state index contributed by atoms with van der Waals surface area (Å²) in [6, 6.07) is 13.7. The van der Waals surface area contributed by atoms with Gasteiger partial charge in [0.25, 0.3) is 5.91 Å². The van der Waals surface area contributed by atoms with Gasteiger partial charge in [-0.2, -0.15) is 0 Å². The van der Waals surface area contributed by atoms with E-state index in [4.69, 9.17) is 9.47 Å². The third kappa shape index (κ3) is 5.08. The number of hydrogen-bond acceptors (Lipinski definition) is 5. The van der Waals surface area contributed by atoms with E-state index >= 15 is 0 Å². The first-order chi connectivity index (χ1) is 13.5. The summed E-state index contributed by atoms with van der Waals surface area (Å²) in [5, 5.41) is 0.664. The molecule has 0 aromatic heterocycles. The molecular formula is C20H18I2N2O3S. The number of carbonyl (C=O) groups is 1. The quantitative estimate of drug-likeness (QED) is 0.331. The van der Waals surface area contributed by atoms with Crippen LogP contribution < -0.4 is 4.74 Å². The van der Waals surface area contributed by atoms with Crippen molar-refractivity contribution in [3.05, 3.63) is 60.1 Å². The lowest BCUT2D eigenvalue weighted by atomic mass is 10.2. The standard InChI is InChI=1S/C20H18I2N2O3S/c1-26-9-8-24-19(25)17(28-20(24)23-14-6-4-3-5-7-14)12-13-10-15(21)18(27-2)16(22)11-13/h3-7,10-12H,8-9H2,1-2H3/b17-12-,23-20?. The molecule has 0 unspecified atom stereocenters. The Labute approximate surface area is 195 Å². The Morgan fingerprint density at radius 1 is 1.14 bits per heavy atom. The first-order valence-electron chi connectivity index (χ1n) is 8.40. The number of benzene rings is 2. The van der Waals surface area contributed by atoms with Gasteiger partial charge in [-0.25, -0.2) is 4.99 Å². The minimum atomic E-state index is -0.0578. The first kappa shape index (κ1) is 21.6. The lowest BCUT2D eigenvalue weighted by molar-refractivity contribution is -0.122. The van der Waals surface area contributed by atoms with Gasteiger partial charge < -0.3 is 9.47 Å². The minimum absolute atomic E-state index is 0.0578. The van der Waals surface area contributed by atoms with Crippen LogP contribution in [0.1, 0.15) is 5.56 Å². The van der Waals surface area contributed by atoms with Gasteiger partial charge in [-0.15, -0.1) is 0 Å². The van der Waals surface area contributed by atoms with Crippen molar-refractivity contribution < 1.29 is 14.3 Å². The molecule has 1 aliphatic heterocycles. The molecule has 2 aromatic rings. The summed E-state index contributed by atoms with van der Waals surface area (Å²) in [5.74, 6) is 0.791. The fourth-order valence-electron chi connectivity index (χ4n) is 2.59. The number of rotatable bonds is 6. The molecule has 28 heavy (non-hydrogen) atoms. The summed E-state index contributed by atoms with van der Waals surface area (Å²) in [6.45, 7) is 0.911. The van der Waals surface area contributed by atoms with Gasteiger partial charge in [0.05, 0.1) is 38.0 Å². The second kappa shape index (κ2) is 10.1. The number of halogens is 2. The van der Waals surface area contributed by atoms with Crippen LogP contribution in [0.4, 0.5) is 5.69 Å². The average molecular weight is 620 g/mol. The van der Waals surface area contributed by atoms with Crippen molar-refractivity contribution in [1.29, 1.82) is 0 Å². The zero-order valence-electron chi connectivity index (χ0n) is 15.3. The smallest absolute Gasteiger partial charge is 0.266 e. The molecule has 0 saturated carbocycles. The molecule has 3 rings (SSSR count). The largest absolute Gasteiger partial charge is 0.495 e. The van der Waals surface area contributed by atoms with E-state index in [2.05, 4.69) is 50.2 Å². The second-order valence-corrected chi connectivity index (χ2v) is 9.14. The number of thioether (sulfide) groups is 1. The lowest BCUT2D eigenvalue weighted by Crippen LogP contribution is -2.32. The van der Waals surface area contributed by atoms with Gasteiger partial charge in [0, 0.05) is 7.11 Å². The molecule has 0 spiro atoms. The van der Waals surface area contributed by atoms with E-state index in [-0.39, 0.29) is 5.91 Å². The Morgan fingerprint density at radius 3 is 2.43 bits per heavy atom. The zero-order chi connectivity index (χ0) is 20.1. The van der Waals surface area contributed by atoms with Gasteiger partial charge in [-0.1, -0.05) is 18.2 Å². The van der Waals surface area contributed by atoms with E-state index in [0.717, 1.165) is 24.1 Å². The number of nitrogens with zero attached hydrogens (tertiary/aromatic N) is 2. The summed E-state index contributed by atoms with van der Waals surface area (Å²) >= 11 is 5.87. The van der Waals surface area contributed by atoms with Gasteiger partial charge in [0.2, 0.25) is 0 Å². The molecule has 5 nitrogen and oxygen atoms in total. The van der Waals surface area contributed by atoms with E-state index < -0.39 is 0 Å². The van der Waals surface area contributed by atoms with Crippen molar-refractivity contribution in [2.24, 2.45) is 4.99 Å². The zero-order valence-corrected chi connectivity index (χ0v) is 20.4. The molecule has 0 bridgehead atoms. The van der Waals surface area contributed by atoms with Crippen molar-refractivity contribution >= 4 is 79.8 Å². The summed E-state index contributed by atoms with van der Waals surface area (Å²) < 4.78 is 12.6. The summed E-state index contributed by atoms with van der Waals surface area (Å²) in [5.41, 5.74) is 1.77. The Hall–Kier alpha value is -1.11. The fourth-order valence-corrected chi connectivity index (χ4v) is 5.87. The number of aliphatic imine (C=N–C) groups is 1. The Bertz CT molecular complexity index is 909. The van der Waals surface area contributed by atoms with Crippen molar-refractivity contribution in [2.45, 2.75) is 0 Å². The first-order valence-corrected chi connectivity index (χ1v) is 11.4. The molecule has 0 aliphatic carbocycles. The number of carbonyl (C=O) groups excluding carboxylic acids is 1. The highest BCUT2D eigenvalue weighted by atomic mass is 127. The van der Waals surface area contributed by atoms with Gasteiger partial charge in [-0.3, -0.25) is 9.69 Å². The SMILES string of the molecule is COCCN1C(=O)/C(=C/c2cc(I)c(OC)c(I)c2)SC1=Nc1ccccc1. The van der Waals surface area contributed by atoms with Crippen LogP contribution in [0.3, 0.4) is 0 Å². The van der Waals surface area contributed by atoms with E-state index in [9.17, 15) is 4.79 Å². The number of para-hydroxylation sites is 1. The van der Waals surface area contributed by atoms with Crippen LogP contribution in [-0.4, -0.2) is 43.3 Å². The van der Waals surface area contributed by atoms with Crippen LogP contribution >= 0.6 is 56.9 Å². The molecule has 2 aromatic carbocycles. The molecule has 1 aliphatic rings. The van der Waals surface area contributed by atoms with Gasteiger partial charge >= 0.3 is 0 Å². The minimum Gasteiger partial charge on any atom is -0.495 e. The topological polar surface area (TPSA) is 51.1 Å². The number of methoxy groups -OCH3 is 2. The lowest BCUT2D eigenvalue weighted by Gasteiger charge is -2.14. The van der Waals surface area contributed by atoms with Crippen molar-refractivity contribution in [2.75, 3.05) is 27.4 Å². The van der Waals surface area contributed by atoms with Crippen molar-refractivity contribution in [1.82, 2.24) is 4.90 Å². The summed E-state index contributed by atoms with van der Waals surface area (Å²) in [4.78, 5) is 20.0. The van der Waals surface area contributed by atoms with Crippen LogP contribution in [0.25, 0.3) is 6.08 Å². The molecule has 146 valence electrons. The van der Waals surface area contributed by atoms with Gasteiger partial charge in [0.1, 0.15) is 5.75 Å². The van der Waals surface area contributed by atoms with Crippen molar-refractivity contribution in [3.8, 4) is 5.75 Å². The Morgan fingerprint density at radius 2 is 1.82 bits per heavy atom. The Kier molecular flexibility index (Phi) is 7.77. The van der Waals surface area contributed by atoms with E-state index in [1.165, 1.54) is 11.8 Å². The molecular weight excluding hydrogens is 602 g/mol. The molecule has 1 amide bonds. The number of ether oxygens (including phenoxy) is 2. The molecule has 1 fully saturated rings. The maximum atomic E-state index is 13.0. The maximum absolute atomic E-state index is 13.0. The van der Waals surface area contributed by atoms with Crippen LogP contribution in [-0.2, 0) is 9.53 Å². The van der Waals surface area contributed by atoms with Crippen LogP contribution in [0.5, 0.6) is 5.75 Å². The highest BCUT2D eigenvalue weighted by Gasteiger charge is 2.33. The Balaban J connectivity index is 1.95. The molecule has 1 heterocycles. The van der Waals surface area contributed by atoms with Crippen molar-refractivity contribution in [3.63, 3.8) is 0 Å². The van der Waals surface area contributed by atoms with E-state index in [0.29, 0.717) is 23.2 Å². The predicted molar refractivity (Wildman–Crippen MR) is 131 cm³/mol. The molecule has 0 atom stereocenters. The normalized spacial score (nSPS) is 17.0. The summed E-state index contributed by atoms with van der Waals surface area (Å²) in [7, 11) is 3.29.